The summed E-state index contributed by atoms with van der Waals surface area (Å²) in [7, 11) is -2.10. The summed E-state index contributed by atoms with van der Waals surface area (Å²) in [5, 5.41) is 10.3. The zero-order chi connectivity index (χ0) is 37.2. The van der Waals surface area contributed by atoms with Gasteiger partial charge in [-0.2, -0.15) is 0 Å². The zero-order valence-corrected chi connectivity index (χ0v) is 31.8. The molecule has 274 valence electrons. The fourth-order valence-electron chi connectivity index (χ4n) is 6.44. The van der Waals surface area contributed by atoms with E-state index in [-0.39, 0.29) is 36.8 Å². The molecule has 0 bridgehead atoms. The second kappa shape index (κ2) is 15.3. The molecule has 0 aromatic carbocycles. The molecule has 1 aliphatic heterocycles. The van der Waals surface area contributed by atoms with Crippen LogP contribution in [0.5, 0.6) is 0 Å². The van der Waals surface area contributed by atoms with Crippen molar-refractivity contribution in [2.24, 2.45) is 28.1 Å². The standard InChI is InChI=1S/C34H60N6O7S/c1-14-16-22(26(41)29(43)35-17-15-2)36-28(42)25-24-21(34(24,11)12)18-40(25)30(44)27(33(8,9)10)38-31(45)37-23(32(5,6)7)19-39(13)48(46,47)20(3)4/h15,20-25,27H,2,14,16-19H2,1,3-13H3,(H,35,43)(H,36,42)(H2,37,38,45)/t21-,22?,23+,24-,25-,27+/m0/s1. The first-order valence-corrected chi connectivity index (χ1v) is 18.4. The molecule has 1 saturated heterocycles. The van der Waals surface area contributed by atoms with Gasteiger partial charge in [0.05, 0.1) is 11.3 Å². The van der Waals surface area contributed by atoms with E-state index in [4.69, 9.17) is 0 Å². The van der Waals surface area contributed by atoms with Crippen molar-refractivity contribution in [1.29, 1.82) is 0 Å². The number of rotatable bonds is 15. The van der Waals surface area contributed by atoms with Gasteiger partial charge >= 0.3 is 6.03 Å². The van der Waals surface area contributed by atoms with Crippen LogP contribution in [-0.4, -0.2) is 103 Å². The fraction of sp³-hybridized carbons (Fsp3) is 0.794. The van der Waals surface area contributed by atoms with Crippen molar-refractivity contribution < 1.29 is 32.4 Å². The van der Waals surface area contributed by atoms with Crippen LogP contribution >= 0.6 is 0 Å². The smallest absolute Gasteiger partial charge is 0.315 e. The number of likely N-dealkylation sites (N-methyl/N-ethyl adjacent to an activating group) is 1. The maximum Gasteiger partial charge on any atom is 0.315 e. The lowest BCUT2D eigenvalue weighted by Crippen LogP contribution is -2.62. The van der Waals surface area contributed by atoms with Crippen LogP contribution in [0, 0.1) is 28.1 Å². The van der Waals surface area contributed by atoms with Crippen LogP contribution < -0.4 is 21.3 Å². The molecule has 2 rings (SSSR count). The van der Waals surface area contributed by atoms with E-state index in [1.165, 1.54) is 22.3 Å². The number of Topliss-reactive ketones (excluding diaryl/α,β-unsaturated/α-hetero) is 1. The van der Waals surface area contributed by atoms with Gasteiger partial charge in [0.15, 0.2) is 0 Å². The summed E-state index contributed by atoms with van der Waals surface area (Å²) in [6.45, 7) is 24.2. The quantitative estimate of drug-likeness (QED) is 0.150. The van der Waals surface area contributed by atoms with E-state index in [2.05, 4.69) is 27.8 Å². The average molecular weight is 697 g/mol. The van der Waals surface area contributed by atoms with E-state index in [9.17, 15) is 32.4 Å². The number of nitrogens with zero attached hydrogens (tertiary/aromatic N) is 2. The number of carbonyl (C=O) groups excluding carboxylic acids is 5. The van der Waals surface area contributed by atoms with Gasteiger partial charge in [-0.3, -0.25) is 19.2 Å². The molecule has 0 aromatic rings. The third-order valence-corrected chi connectivity index (χ3v) is 12.0. The highest BCUT2D eigenvalue weighted by molar-refractivity contribution is 7.89. The molecule has 1 saturated carbocycles. The Labute approximate surface area is 287 Å². The Balaban J connectivity index is 2.34. The molecule has 1 unspecified atom stereocenters. The van der Waals surface area contributed by atoms with E-state index in [1.54, 1.807) is 13.8 Å². The number of hydrogen-bond donors (Lipinski definition) is 4. The lowest BCUT2D eigenvalue weighted by atomic mass is 9.85. The normalized spacial score (nSPS) is 22.3. The minimum atomic E-state index is -3.58. The number of nitrogens with one attached hydrogen (secondary N) is 4. The summed E-state index contributed by atoms with van der Waals surface area (Å²) >= 11 is 0. The minimum Gasteiger partial charge on any atom is -0.346 e. The summed E-state index contributed by atoms with van der Waals surface area (Å²) in [5.74, 6) is -2.64. The molecule has 0 aromatic heterocycles. The van der Waals surface area contributed by atoms with Gasteiger partial charge in [-0.1, -0.05) is 74.8 Å². The summed E-state index contributed by atoms with van der Waals surface area (Å²) in [5.41, 5.74) is -1.51. The molecule has 0 spiro atoms. The van der Waals surface area contributed by atoms with Crippen molar-refractivity contribution in [2.45, 2.75) is 118 Å². The Kier molecular flexibility index (Phi) is 13.1. The molecule has 48 heavy (non-hydrogen) atoms. The topological polar surface area (TPSA) is 174 Å². The van der Waals surface area contributed by atoms with Crippen LogP contribution in [-0.2, 0) is 29.2 Å². The van der Waals surface area contributed by atoms with Crippen LogP contribution in [0.15, 0.2) is 12.7 Å². The van der Waals surface area contributed by atoms with Crippen LogP contribution in [0.25, 0.3) is 0 Å². The van der Waals surface area contributed by atoms with E-state index in [0.29, 0.717) is 13.0 Å². The van der Waals surface area contributed by atoms with Crippen LogP contribution in [0.4, 0.5) is 4.79 Å². The molecule has 13 nitrogen and oxygen atoms in total. The Bertz CT molecular complexity index is 1350. The average Bonchev–Trinajstić information content (AvgIpc) is 3.27. The van der Waals surface area contributed by atoms with E-state index >= 15 is 0 Å². The number of amides is 5. The summed E-state index contributed by atoms with van der Waals surface area (Å²) in [4.78, 5) is 68.7. The Hall–Kier alpha value is -3.00. The Morgan fingerprint density at radius 2 is 1.58 bits per heavy atom. The highest BCUT2D eigenvalue weighted by Gasteiger charge is 2.70. The first kappa shape index (κ1) is 41.2. The number of hydrogen-bond acceptors (Lipinski definition) is 7. The molecular weight excluding hydrogens is 636 g/mol. The number of carbonyl (C=O) groups is 5. The summed E-state index contributed by atoms with van der Waals surface area (Å²) in [6, 6.07) is -4.22. The Morgan fingerprint density at radius 1 is 1.00 bits per heavy atom. The van der Waals surface area contributed by atoms with Crippen LogP contribution in [0.3, 0.4) is 0 Å². The van der Waals surface area contributed by atoms with Crippen molar-refractivity contribution in [3.8, 4) is 0 Å². The largest absolute Gasteiger partial charge is 0.346 e. The predicted molar refractivity (Wildman–Crippen MR) is 186 cm³/mol. The number of ketones is 1. The number of likely N-dealkylation sites (tertiary alicyclic amines) is 1. The lowest BCUT2D eigenvalue weighted by Gasteiger charge is -2.39. The van der Waals surface area contributed by atoms with Gasteiger partial charge in [-0.15, -0.1) is 6.58 Å². The molecule has 1 aliphatic carbocycles. The number of piperidine rings is 1. The zero-order valence-electron chi connectivity index (χ0n) is 31.0. The second-order valence-electron chi connectivity index (χ2n) is 16.3. The number of urea groups is 1. The van der Waals surface area contributed by atoms with Crippen molar-refractivity contribution in [2.75, 3.05) is 26.7 Å². The maximum absolute atomic E-state index is 14.3. The monoisotopic (exact) mass is 696 g/mol. The molecule has 0 radical (unpaired) electrons. The predicted octanol–water partition coefficient (Wildman–Crippen LogP) is 2.42. The van der Waals surface area contributed by atoms with Gasteiger partial charge in [0, 0.05) is 32.7 Å². The highest BCUT2D eigenvalue weighted by atomic mass is 32.2. The van der Waals surface area contributed by atoms with Crippen molar-refractivity contribution in [3.63, 3.8) is 0 Å². The summed E-state index contributed by atoms with van der Waals surface area (Å²) < 4.78 is 26.8. The maximum atomic E-state index is 14.3. The molecule has 6 atom stereocenters. The molecule has 2 fully saturated rings. The fourth-order valence-corrected chi connectivity index (χ4v) is 7.52. The number of sulfonamides is 1. The van der Waals surface area contributed by atoms with Gasteiger partial charge in [0.25, 0.3) is 5.91 Å². The van der Waals surface area contributed by atoms with E-state index < -0.39 is 79.8 Å². The third kappa shape index (κ3) is 9.36. The molecule has 14 heteroatoms. The van der Waals surface area contributed by atoms with E-state index in [0.717, 1.165) is 0 Å². The van der Waals surface area contributed by atoms with Gasteiger partial charge in [-0.05, 0) is 48.3 Å². The van der Waals surface area contributed by atoms with Gasteiger partial charge < -0.3 is 26.2 Å². The minimum absolute atomic E-state index is 0.0294. The second-order valence-corrected chi connectivity index (χ2v) is 18.9. The van der Waals surface area contributed by atoms with Crippen LogP contribution in [0.1, 0.15) is 89.0 Å². The number of fused-ring (bicyclic) bond motifs is 1. The van der Waals surface area contributed by atoms with Crippen molar-refractivity contribution >= 4 is 39.6 Å². The lowest BCUT2D eigenvalue weighted by molar-refractivity contribution is -0.145. The van der Waals surface area contributed by atoms with Gasteiger partial charge in [0.2, 0.25) is 27.6 Å². The summed E-state index contributed by atoms with van der Waals surface area (Å²) in [6.07, 6.45) is 2.24. The van der Waals surface area contributed by atoms with Crippen molar-refractivity contribution in [3.05, 3.63) is 12.7 Å². The highest BCUT2D eigenvalue weighted by Crippen LogP contribution is 2.65. The first-order valence-electron chi connectivity index (χ1n) is 16.9. The van der Waals surface area contributed by atoms with Crippen LogP contribution in [0.2, 0.25) is 0 Å². The molecular formula is C34H60N6O7S. The molecule has 1 heterocycles. The molecule has 4 N–H and O–H groups in total. The van der Waals surface area contributed by atoms with Gasteiger partial charge in [-0.25, -0.2) is 17.5 Å². The van der Waals surface area contributed by atoms with Gasteiger partial charge in [0.1, 0.15) is 12.1 Å². The molecule has 2 aliphatic rings. The van der Waals surface area contributed by atoms with Crippen molar-refractivity contribution in [1.82, 2.24) is 30.5 Å². The third-order valence-electron chi connectivity index (χ3n) is 9.81. The molecule has 5 amide bonds. The SMILES string of the molecule is C=CCNC(=O)C(=O)C(CCC)NC(=O)[C@@H]1[C@@H]2[C@H](CN1C(=O)[C@@H](NC(=O)N[C@H](CN(C)S(=O)(=O)C(C)C)C(C)(C)C)C(C)(C)C)C2(C)C. The van der Waals surface area contributed by atoms with E-state index in [1.807, 2.05) is 62.3 Å². The first-order chi connectivity index (χ1) is 21.8. The Morgan fingerprint density at radius 3 is 2.06 bits per heavy atom.